The number of hydrogen-bond acceptors (Lipinski definition) is 7. The number of carbonyl (C=O) groups excluding carboxylic acids is 1. The van der Waals surface area contributed by atoms with Gasteiger partial charge < -0.3 is 4.74 Å². The van der Waals surface area contributed by atoms with Gasteiger partial charge in [-0.15, -0.1) is 0 Å². The first-order valence-electron chi connectivity index (χ1n) is 5.32. The van der Waals surface area contributed by atoms with E-state index in [1.165, 1.54) is 23.1 Å². The van der Waals surface area contributed by atoms with Crippen LogP contribution in [0.4, 0.5) is 10.5 Å². The Morgan fingerprint density at radius 3 is 2.84 bits per heavy atom. The molecule has 0 aromatic carbocycles. The van der Waals surface area contributed by atoms with Gasteiger partial charge in [0.15, 0.2) is 0 Å². The summed E-state index contributed by atoms with van der Waals surface area (Å²) in [6, 6.07) is 3.04. The van der Waals surface area contributed by atoms with Crippen LogP contribution < -0.4 is 0 Å². The predicted octanol–water partition coefficient (Wildman–Crippen LogP) is 3.89. The van der Waals surface area contributed by atoms with Crippen molar-refractivity contribution in [3.05, 3.63) is 28.4 Å². The van der Waals surface area contributed by atoms with Crippen molar-refractivity contribution in [3.63, 3.8) is 0 Å². The molecule has 0 aliphatic rings. The van der Waals surface area contributed by atoms with Crippen LogP contribution in [-0.4, -0.2) is 27.7 Å². The highest BCUT2D eigenvalue weighted by molar-refractivity contribution is 8.76. The van der Waals surface area contributed by atoms with Crippen LogP contribution in [0.5, 0.6) is 0 Å². The highest BCUT2D eigenvalue weighted by Gasteiger charge is 2.05. The summed E-state index contributed by atoms with van der Waals surface area (Å²) < 4.78 is 4.58. The molecule has 0 saturated heterocycles. The molecule has 1 aromatic rings. The van der Waals surface area contributed by atoms with Gasteiger partial charge in [0.2, 0.25) is 0 Å². The first-order chi connectivity index (χ1) is 9.09. The first-order valence-corrected chi connectivity index (χ1v) is 8.01. The smallest absolute Gasteiger partial charge is 0.403 e. The van der Waals surface area contributed by atoms with Crippen molar-refractivity contribution in [2.24, 2.45) is 0 Å². The number of unbranched alkanes of at least 4 members (excludes halogenated alkanes) is 1. The SMILES string of the molecule is O=C(Cl)OCCCCSSc1ccc([N+](=O)[O-])cn1. The number of nitro groups is 1. The molecule has 0 bridgehead atoms. The van der Waals surface area contributed by atoms with E-state index in [9.17, 15) is 14.9 Å². The van der Waals surface area contributed by atoms with Crippen molar-refractivity contribution in [1.82, 2.24) is 4.98 Å². The maximum atomic E-state index is 10.4. The Morgan fingerprint density at radius 1 is 1.47 bits per heavy atom. The average molecular weight is 323 g/mol. The Hall–Kier alpha value is -0.990. The molecule has 0 amide bonds. The van der Waals surface area contributed by atoms with Gasteiger partial charge in [-0.05, 0) is 29.7 Å². The Kier molecular flexibility index (Phi) is 7.61. The van der Waals surface area contributed by atoms with E-state index in [1.54, 1.807) is 16.9 Å². The predicted molar refractivity (Wildman–Crippen MR) is 75.6 cm³/mol. The number of pyridine rings is 1. The number of ether oxygens (including phenoxy) is 1. The highest BCUT2D eigenvalue weighted by Crippen LogP contribution is 2.30. The molecule has 6 nitrogen and oxygen atoms in total. The molecule has 1 heterocycles. The van der Waals surface area contributed by atoms with Gasteiger partial charge in [0.25, 0.3) is 5.69 Å². The fourth-order valence-corrected chi connectivity index (χ4v) is 3.13. The van der Waals surface area contributed by atoms with Crippen LogP contribution in [0.3, 0.4) is 0 Å². The third-order valence-corrected chi connectivity index (χ3v) is 4.37. The molecule has 0 spiro atoms. The summed E-state index contributed by atoms with van der Waals surface area (Å²) in [7, 11) is 3.04. The average Bonchev–Trinajstić information content (AvgIpc) is 2.38. The maximum Gasteiger partial charge on any atom is 0.403 e. The van der Waals surface area contributed by atoms with E-state index in [1.807, 2.05) is 0 Å². The molecular weight excluding hydrogens is 312 g/mol. The number of nitrogens with zero attached hydrogens (tertiary/aromatic N) is 2. The standard InChI is InChI=1S/C10H11ClN2O4S2/c11-10(14)17-5-1-2-6-18-19-9-4-3-8(7-12-9)13(15)16/h3-4,7H,1-2,5-6H2. The molecule has 1 aromatic heterocycles. The zero-order valence-corrected chi connectivity index (χ0v) is 12.2. The van der Waals surface area contributed by atoms with Crippen LogP contribution in [0.25, 0.3) is 0 Å². The van der Waals surface area contributed by atoms with Crippen LogP contribution in [0.15, 0.2) is 23.4 Å². The Morgan fingerprint density at radius 2 is 2.26 bits per heavy atom. The first kappa shape index (κ1) is 16.1. The molecule has 0 radical (unpaired) electrons. The summed E-state index contributed by atoms with van der Waals surface area (Å²) in [4.78, 5) is 24.2. The molecule has 0 saturated carbocycles. The number of aromatic nitrogens is 1. The van der Waals surface area contributed by atoms with Gasteiger partial charge in [-0.1, -0.05) is 10.8 Å². The van der Waals surface area contributed by atoms with E-state index in [4.69, 9.17) is 11.6 Å². The number of halogens is 1. The van der Waals surface area contributed by atoms with E-state index in [0.29, 0.717) is 6.61 Å². The zero-order chi connectivity index (χ0) is 14.1. The van der Waals surface area contributed by atoms with Gasteiger partial charge in [-0.2, -0.15) is 0 Å². The maximum absolute atomic E-state index is 10.4. The molecule has 0 fully saturated rings. The summed E-state index contributed by atoms with van der Waals surface area (Å²) in [5.74, 6) is 0.864. The molecule has 19 heavy (non-hydrogen) atoms. The lowest BCUT2D eigenvalue weighted by atomic mass is 10.4. The molecule has 9 heteroatoms. The van der Waals surface area contributed by atoms with E-state index in [0.717, 1.165) is 23.6 Å². The Labute approximate surface area is 122 Å². The number of rotatable bonds is 8. The molecular formula is C10H11ClN2O4S2. The van der Waals surface area contributed by atoms with Gasteiger partial charge in [0.05, 0.1) is 11.5 Å². The monoisotopic (exact) mass is 322 g/mol. The highest BCUT2D eigenvalue weighted by atomic mass is 35.5. The van der Waals surface area contributed by atoms with Crippen LogP contribution in [0, 0.1) is 10.1 Å². The number of carbonyl (C=O) groups is 1. The third-order valence-electron chi connectivity index (χ3n) is 1.91. The Balaban J connectivity index is 2.12. The minimum absolute atomic E-state index is 0.0164. The summed E-state index contributed by atoms with van der Waals surface area (Å²) >= 11 is 5.01. The lowest BCUT2D eigenvalue weighted by Crippen LogP contribution is -1.96. The zero-order valence-electron chi connectivity index (χ0n) is 9.78. The van der Waals surface area contributed by atoms with Gasteiger partial charge in [-0.3, -0.25) is 10.1 Å². The van der Waals surface area contributed by atoms with Crippen LogP contribution in [-0.2, 0) is 4.74 Å². The molecule has 0 unspecified atom stereocenters. The lowest BCUT2D eigenvalue weighted by Gasteiger charge is -2.01. The van der Waals surface area contributed by atoms with Crippen molar-refractivity contribution in [2.75, 3.05) is 12.4 Å². The minimum atomic E-state index is -0.780. The van der Waals surface area contributed by atoms with Crippen molar-refractivity contribution >= 4 is 44.3 Å². The number of hydrogen-bond donors (Lipinski definition) is 0. The van der Waals surface area contributed by atoms with Crippen LogP contribution in [0.2, 0.25) is 0 Å². The van der Waals surface area contributed by atoms with Crippen LogP contribution in [0.1, 0.15) is 12.8 Å². The van der Waals surface area contributed by atoms with E-state index < -0.39 is 10.4 Å². The normalized spacial score (nSPS) is 10.2. The van der Waals surface area contributed by atoms with Crippen molar-refractivity contribution in [3.8, 4) is 0 Å². The van der Waals surface area contributed by atoms with E-state index in [-0.39, 0.29) is 5.69 Å². The topological polar surface area (TPSA) is 82.3 Å². The van der Waals surface area contributed by atoms with Crippen molar-refractivity contribution < 1.29 is 14.5 Å². The molecule has 0 atom stereocenters. The summed E-state index contributed by atoms with van der Waals surface area (Å²) in [5, 5.41) is 11.2. The largest absolute Gasteiger partial charge is 0.454 e. The second kappa shape index (κ2) is 9.00. The van der Waals surface area contributed by atoms with Gasteiger partial charge in [0, 0.05) is 23.4 Å². The second-order valence-corrected chi connectivity index (χ2v) is 6.05. The van der Waals surface area contributed by atoms with Crippen molar-refractivity contribution in [1.29, 1.82) is 0 Å². The molecule has 104 valence electrons. The fraction of sp³-hybridized carbons (Fsp3) is 0.400. The quantitative estimate of drug-likeness (QED) is 0.236. The van der Waals surface area contributed by atoms with Gasteiger partial charge in [-0.25, -0.2) is 9.78 Å². The van der Waals surface area contributed by atoms with Gasteiger partial charge >= 0.3 is 5.43 Å². The van der Waals surface area contributed by atoms with Gasteiger partial charge in [0.1, 0.15) is 11.2 Å². The summed E-state index contributed by atoms with van der Waals surface area (Å²) in [6.45, 7) is 0.323. The third kappa shape index (κ3) is 7.24. The molecule has 0 N–H and O–H groups in total. The molecule has 0 aliphatic carbocycles. The lowest BCUT2D eigenvalue weighted by molar-refractivity contribution is -0.385. The van der Waals surface area contributed by atoms with E-state index >= 15 is 0 Å². The summed E-state index contributed by atoms with van der Waals surface area (Å²) in [6.07, 6.45) is 2.87. The fourth-order valence-electron chi connectivity index (χ4n) is 1.05. The van der Waals surface area contributed by atoms with Crippen LogP contribution >= 0.6 is 33.2 Å². The second-order valence-electron chi connectivity index (χ2n) is 3.31. The minimum Gasteiger partial charge on any atom is -0.454 e. The van der Waals surface area contributed by atoms with Crippen molar-refractivity contribution in [2.45, 2.75) is 17.9 Å². The molecule has 0 aliphatic heterocycles. The molecule has 1 rings (SSSR count). The Bertz CT molecular complexity index is 430. The van der Waals surface area contributed by atoms with E-state index in [2.05, 4.69) is 9.72 Å². The summed E-state index contributed by atoms with van der Waals surface area (Å²) in [5.41, 5.74) is -0.797.